The van der Waals surface area contributed by atoms with Gasteiger partial charge in [-0.05, 0) is 66.2 Å². The summed E-state index contributed by atoms with van der Waals surface area (Å²) in [6.45, 7) is 1.98. The highest BCUT2D eigenvalue weighted by atomic mass is 32.1. The number of aromatic nitrogens is 2. The van der Waals surface area contributed by atoms with Crippen LogP contribution < -0.4 is 10.6 Å². The third kappa shape index (κ3) is 4.58. The average molecular weight is 463 g/mol. The number of para-hydroxylation sites is 2. The van der Waals surface area contributed by atoms with Crippen molar-refractivity contribution in [2.75, 3.05) is 5.32 Å². The summed E-state index contributed by atoms with van der Waals surface area (Å²) in [4.78, 5) is 20.7. The van der Waals surface area contributed by atoms with Crippen LogP contribution >= 0.6 is 12.2 Å². The first-order valence-corrected chi connectivity index (χ1v) is 11.3. The molecule has 1 amide bonds. The van der Waals surface area contributed by atoms with E-state index in [4.69, 9.17) is 12.2 Å². The van der Waals surface area contributed by atoms with Crippen molar-refractivity contribution in [1.29, 1.82) is 0 Å². The fourth-order valence-electron chi connectivity index (χ4n) is 3.77. The van der Waals surface area contributed by atoms with Gasteiger partial charge in [0.25, 0.3) is 5.91 Å². The number of benzene rings is 4. The van der Waals surface area contributed by atoms with Gasteiger partial charge in [-0.1, -0.05) is 66.7 Å². The van der Waals surface area contributed by atoms with Crippen LogP contribution in [0.5, 0.6) is 0 Å². The highest BCUT2D eigenvalue weighted by molar-refractivity contribution is 7.80. The minimum Gasteiger partial charge on any atom is -0.338 e. The summed E-state index contributed by atoms with van der Waals surface area (Å²) in [6, 6.07) is 31.4. The summed E-state index contributed by atoms with van der Waals surface area (Å²) >= 11 is 5.42. The van der Waals surface area contributed by atoms with Gasteiger partial charge in [-0.15, -0.1) is 0 Å². The predicted molar refractivity (Wildman–Crippen MR) is 142 cm³/mol. The Balaban J connectivity index is 1.28. The normalized spacial score (nSPS) is 10.7. The molecule has 0 aliphatic heterocycles. The Bertz CT molecular complexity index is 1460. The summed E-state index contributed by atoms with van der Waals surface area (Å²) in [6.07, 6.45) is 0. The lowest BCUT2D eigenvalue weighted by atomic mass is 10.0. The van der Waals surface area contributed by atoms with Crippen LogP contribution in [0.3, 0.4) is 0 Å². The van der Waals surface area contributed by atoms with Crippen molar-refractivity contribution in [1.82, 2.24) is 15.3 Å². The van der Waals surface area contributed by atoms with Crippen molar-refractivity contribution in [3.8, 4) is 22.5 Å². The monoisotopic (exact) mass is 462 g/mol. The van der Waals surface area contributed by atoms with Crippen molar-refractivity contribution < 1.29 is 4.79 Å². The van der Waals surface area contributed by atoms with Crippen molar-refractivity contribution in [2.24, 2.45) is 0 Å². The lowest BCUT2D eigenvalue weighted by Gasteiger charge is -2.13. The molecule has 0 unspecified atom stereocenters. The number of carbonyl (C=O) groups excluding carboxylic acids is 1. The van der Waals surface area contributed by atoms with Gasteiger partial charge >= 0.3 is 0 Å². The van der Waals surface area contributed by atoms with Gasteiger partial charge in [0.05, 0.1) is 11.0 Å². The smallest absolute Gasteiger partial charge is 0.257 e. The minimum atomic E-state index is -0.261. The fourth-order valence-corrected chi connectivity index (χ4v) is 3.97. The van der Waals surface area contributed by atoms with Crippen LogP contribution in [-0.2, 0) is 0 Å². The quantitative estimate of drug-likeness (QED) is 0.273. The van der Waals surface area contributed by atoms with Gasteiger partial charge in [-0.3, -0.25) is 10.1 Å². The minimum absolute atomic E-state index is 0.238. The number of hydrogen-bond acceptors (Lipinski definition) is 3. The molecule has 1 aromatic heterocycles. The highest BCUT2D eigenvalue weighted by Gasteiger charge is 2.11. The zero-order valence-corrected chi connectivity index (χ0v) is 19.3. The molecule has 0 saturated carbocycles. The molecule has 0 atom stereocenters. The summed E-state index contributed by atoms with van der Waals surface area (Å²) in [7, 11) is 0. The lowest BCUT2D eigenvalue weighted by Crippen LogP contribution is -2.34. The molecule has 166 valence electrons. The molecule has 0 fully saturated rings. The zero-order chi connectivity index (χ0) is 23.5. The van der Waals surface area contributed by atoms with Crippen LogP contribution in [0.1, 0.15) is 15.9 Å². The number of nitrogens with zero attached hydrogens (tertiary/aromatic N) is 1. The number of aryl methyl sites for hydroxylation is 1. The Morgan fingerprint density at radius 1 is 0.824 bits per heavy atom. The number of anilines is 1. The van der Waals surface area contributed by atoms with Gasteiger partial charge in [0.2, 0.25) is 0 Å². The summed E-state index contributed by atoms with van der Waals surface area (Å²) in [5, 5.41) is 6.16. The number of imidazole rings is 1. The van der Waals surface area contributed by atoms with Crippen LogP contribution in [0.2, 0.25) is 0 Å². The van der Waals surface area contributed by atoms with Crippen LogP contribution in [-0.4, -0.2) is 21.0 Å². The lowest BCUT2D eigenvalue weighted by molar-refractivity contribution is 0.0977. The Hall–Kier alpha value is -4.29. The number of aromatic amines is 1. The van der Waals surface area contributed by atoms with Crippen molar-refractivity contribution in [3.63, 3.8) is 0 Å². The number of rotatable bonds is 4. The summed E-state index contributed by atoms with van der Waals surface area (Å²) < 4.78 is 0. The molecule has 0 spiro atoms. The van der Waals surface area contributed by atoms with Gasteiger partial charge in [-0.2, -0.15) is 0 Å². The Labute approximate surface area is 202 Å². The van der Waals surface area contributed by atoms with E-state index in [1.807, 2.05) is 91.9 Å². The number of carbonyl (C=O) groups is 1. The molecule has 0 aliphatic carbocycles. The maximum Gasteiger partial charge on any atom is 0.257 e. The van der Waals surface area contributed by atoms with Crippen molar-refractivity contribution in [3.05, 3.63) is 108 Å². The van der Waals surface area contributed by atoms with E-state index < -0.39 is 0 Å². The molecule has 0 saturated heterocycles. The number of nitrogens with one attached hydrogen (secondary N) is 3. The summed E-state index contributed by atoms with van der Waals surface area (Å²) in [5.74, 6) is 0.515. The number of H-pyrrole nitrogens is 1. The first-order valence-electron chi connectivity index (χ1n) is 10.9. The average Bonchev–Trinajstić information content (AvgIpc) is 3.30. The molecule has 3 N–H and O–H groups in total. The zero-order valence-electron chi connectivity index (χ0n) is 18.5. The number of fused-ring (bicyclic) bond motifs is 1. The molecular weight excluding hydrogens is 440 g/mol. The predicted octanol–water partition coefficient (Wildman–Crippen LogP) is 6.33. The highest BCUT2D eigenvalue weighted by Crippen LogP contribution is 2.25. The van der Waals surface area contributed by atoms with E-state index in [1.165, 1.54) is 0 Å². The Morgan fingerprint density at radius 2 is 1.50 bits per heavy atom. The van der Waals surface area contributed by atoms with Crippen LogP contribution in [0.15, 0.2) is 97.1 Å². The largest absolute Gasteiger partial charge is 0.338 e. The van der Waals surface area contributed by atoms with E-state index >= 15 is 0 Å². The maximum atomic E-state index is 12.7. The standard InChI is InChI=1S/C28H22N4OS/c1-18-11-12-22(26-29-23-9-5-6-10-24(23)30-26)17-25(18)31-28(34)32-27(33)21-15-13-20(14-16-21)19-7-3-2-4-8-19/h2-17H,1H3,(H,29,30)(H2,31,32,33,34). The first kappa shape index (κ1) is 21.6. The van der Waals surface area contributed by atoms with Gasteiger partial charge in [0, 0.05) is 16.8 Å². The molecule has 4 aromatic carbocycles. The molecule has 5 nitrogen and oxygen atoms in total. The second kappa shape index (κ2) is 9.29. The third-order valence-corrected chi connectivity index (χ3v) is 5.83. The van der Waals surface area contributed by atoms with Crippen molar-refractivity contribution >= 4 is 40.0 Å². The van der Waals surface area contributed by atoms with Crippen molar-refractivity contribution in [2.45, 2.75) is 6.92 Å². The Kier molecular flexibility index (Phi) is 5.89. The van der Waals surface area contributed by atoms with E-state index in [0.29, 0.717) is 5.56 Å². The molecule has 0 radical (unpaired) electrons. The molecule has 0 bridgehead atoms. The molecule has 5 rings (SSSR count). The SMILES string of the molecule is Cc1ccc(-c2nc3ccccc3[nH]2)cc1NC(=S)NC(=O)c1ccc(-c2ccccc2)cc1. The molecule has 6 heteroatoms. The fraction of sp³-hybridized carbons (Fsp3) is 0.0357. The maximum absolute atomic E-state index is 12.7. The second-order valence-corrected chi connectivity index (χ2v) is 8.39. The van der Waals surface area contributed by atoms with Gasteiger partial charge < -0.3 is 10.3 Å². The van der Waals surface area contributed by atoms with E-state index in [9.17, 15) is 4.79 Å². The summed E-state index contributed by atoms with van der Waals surface area (Å²) in [5.41, 5.74) is 7.32. The topological polar surface area (TPSA) is 69.8 Å². The van der Waals surface area contributed by atoms with Crippen LogP contribution in [0.4, 0.5) is 5.69 Å². The van der Waals surface area contributed by atoms with E-state index in [1.54, 1.807) is 12.1 Å². The van der Waals surface area contributed by atoms with Gasteiger partial charge in [0.15, 0.2) is 5.11 Å². The number of hydrogen-bond donors (Lipinski definition) is 3. The molecule has 0 aliphatic rings. The molecule has 1 heterocycles. The van der Waals surface area contributed by atoms with E-state index in [-0.39, 0.29) is 11.0 Å². The van der Waals surface area contributed by atoms with E-state index in [0.717, 1.165) is 44.8 Å². The third-order valence-electron chi connectivity index (χ3n) is 5.63. The van der Waals surface area contributed by atoms with Crippen LogP contribution in [0.25, 0.3) is 33.5 Å². The number of amides is 1. The Morgan fingerprint density at radius 3 is 2.26 bits per heavy atom. The van der Waals surface area contributed by atoms with Crippen LogP contribution in [0, 0.1) is 6.92 Å². The molecular formula is C28H22N4OS. The van der Waals surface area contributed by atoms with Gasteiger partial charge in [0.1, 0.15) is 5.82 Å². The molecule has 34 heavy (non-hydrogen) atoms. The second-order valence-electron chi connectivity index (χ2n) is 7.98. The van der Waals surface area contributed by atoms with Gasteiger partial charge in [-0.25, -0.2) is 4.98 Å². The first-order chi connectivity index (χ1) is 16.6. The van der Waals surface area contributed by atoms with E-state index in [2.05, 4.69) is 20.6 Å². The molecule has 5 aromatic rings. The number of thiocarbonyl (C=S) groups is 1.